The van der Waals surface area contributed by atoms with Crippen molar-refractivity contribution in [1.82, 2.24) is 29.8 Å². The molecule has 9 nitrogen and oxygen atoms in total. The van der Waals surface area contributed by atoms with Gasteiger partial charge in [0.15, 0.2) is 5.16 Å². The summed E-state index contributed by atoms with van der Waals surface area (Å²) in [6, 6.07) is 6.69. The van der Waals surface area contributed by atoms with Crippen molar-refractivity contribution in [2.24, 2.45) is 0 Å². The predicted octanol–water partition coefficient (Wildman–Crippen LogP) is 2.17. The molecular weight excluding hydrogens is 392 g/mol. The van der Waals surface area contributed by atoms with Crippen LogP contribution in [0, 0.1) is 0 Å². The normalized spacial score (nSPS) is 11.7. The van der Waals surface area contributed by atoms with Crippen LogP contribution < -0.4 is 16.2 Å². The Kier molecular flexibility index (Phi) is 5.92. The van der Waals surface area contributed by atoms with Crippen LogP contribution in [0.25, 0.3) is 16.7 Å². The maximum atomic E-state index is 12.8. The number of amides is 3. The number of imide groups is 1. The summed E-state index contributed by atoms with van der Waals surface area (Å²) in [5.41, 5.74) is 0.122. The molecule has 0 bridgehead atoms. The van der Waals surface area contributed by atoms with Crippen molar-refractivity contribution in [2.45, 2.75) is 51.4 Å². The monoisotopic (exact) mass is 416 g/mol. The van der Waals surface area contributed by atoms with Gasteiger partial charge in [-0.2, -0.15) is 0 Å². The standard InChI is InChI=1S/C19H24N6O3S/c1-5-10-24-15(27)12-8-6-7-9-13(12)25-17(24)22-23-18(25)29-11-14(26)20-16(28)21-19(2,3)4/h6-9H,5,10-11H2,1-4H3,(H2,20,21,26,28). The molecule has 0 atom stereocenters. The second kappa shape index (κ2) is 8.24. The molecule has 0 saturated carbocycles. The third kappa shape index (κ3) is 4.58. The molecule has 2 heterocycles. The van der Waals surface area contributed by atoms with E-state index in [1.807, 2.05) is 45.9 Å². The average molecular weight is 417 g/mol. The number of fused-ring (bicyclic) bond motifs is 3. The highest BCUT2D eigenvalue weighted by Gasteiger charge is 2.19. The first-order chi connectivity index (χ1) is 13.7. The molecular formula is C19H24N6O3S. The summed E-state index contributed by atoms with van der Waals surface area (Å²) in [7, 11) is 0. The molecule has 2 aromatic heterocycles. The Morgan fingerprint density at radius 1 is 1.17 bits per heavy atom. The summed E-state index contributed by atoms with van der Waals surface area (Å²) in [6.45, 7) is 7.99. The Morgan fingerprint density at radius 2 is 1.90 bits per heavy atom. The quantitative estimate of drug-likeness (QED) is 0.617. The van der Waals surface area contributed by atoms with E-state index in [1.54, 1.807) is 15.0 Å². The average Bonchev–Trinajstić information content (AvgIpc) is 3.06. The Morgan fingerprint density at radius 3 is 2.59 bits per heavy atom. The number of thioether (sulfide) groups is 1. The highest BCUT2D eigenvalue weighted by molar-refractivity contribution is 7.99. The molecule has 0 unspecified atom stereocenters. The maximum Gasteiger partial charge on any atom is 0.321 e. The number of rotatable bonds is 5. The van der Waals surface area contributed by atoms with Crippen LogP contribution in [-0.2, 0) is 11.3 Å². The van der Waals surface area contributed by atoms with Crippen molar-refractivity contribution in [3.8, 4) is 0 Å². The number of para-hydroxylation sites is 1. The Hall–Kier alpha value is -2.88. The zero-order valence-electron chi connectivity index (χ0n) is 16.9. The van der Waals surface area contributed by atoms with E-state index in [9.17, 15) is 14.4 Å². The van der Waals surface area contributed by atoms with E-state index < -0.39 is 17.5 Å². The van der Waals surface area contributed by atoms with E-state index in [1.165, 1.54) is 0 Å². The second-order valence-electron chi connectivity index (χ2n) is 7.63. The van der Waals surface area contributed by atoms with Gasteiger partial charge in [0, 0.05) is 12.1 Å². The van der Waals surface area contributed by atoms with E-state index in [4.69, 9.17) is 0 Å². The molecule has 0 radical (unpaired) electrons. The van der Waals surface area contributed by atoms with Gasteiger partial charge in [0.25, 0.3) is 5.56 Å². The minimum absolute atomic E-state index is 0.0143. The molecule has 2 N–H and O–H groups in total. The number of hydrogen-bond donors (Lipinski definition) is 2. The van der Waals surface area contributed by atoms with Gasteiger partial charge in [-0.15, -0.1) is 10.2 Å². The minimum Gasteiger partial charge on any atom is -0.333 e. The zero-order chi connectivity index (χ0) is 21.2. The minimum atomic E-state index is -0.545. The lowest BCUT2D eigenvalue weighted by Crippen LogP contribution is -2.48. The van der Waals surface area contributed by atoms with E-state index in [0.717, 1.165) is 18.2 Å². The molecule has 1 aromatic carbocycles. The van der Waals surface area contributed by atoms with E-state index in [0.29, 0.717) is 28.4 Å². The predicted molar refractivity (Wildman–Crippen MR) is 112 cm³/mol. The first-order valence-corrected chi connectivity index (χ1v) is 10.3. The van der Waals surface area contributed by atoms with Crippen molar-refractivity contribution < 1.29 is 9.59 Å². The summed E-state index contributed by atoms with van der Waals surface area (Å²) in [4.78, 5) is 36.8. The molecule has 0 saturated heterocycles. The van der Waals surface area contributed by atoms with Gasteiger partial charge in [-0.1, -0.05) is 30.8 Å². The topological polar surface area (TPSA) is 110 Å². The van der Waals surface area contributed by atoms with Gasteiger partial charge in [0.1, 0.15) is 0 Å². The number of urea groups is 1. The lowest BCUT2D eigenvalue weighted by atomic mass is 10.1. The summed E-state index contributed by atoms with van der Waals surface area (Å²) in [6.07, 6.45) is 0.772. The van der Waals surface area contributed by atoms with Crippen LogP contribution in [0.15, 0.2) is 34.2 Å². The van der Waals surface area contributed by atoms with Gasteiger partial charge >= 0.3 is 6.03 Å². The van der Waals surface area contributed by atoms with Crippen LogP contribution >= 0.6 is 11.8 Å². The molecule has 0 aliphatic carbocycles. The molecule has 0 aliphatic rings. The number of nitrogens with one attached hydrogen (secondary N) is 2. The maximum absolute atomic E-state index is 12.8. The van der Waals surface area contributed by atoms with Crippen molar-refractivity contribution in [3.63, 3.8) is 0 Å². The summed E-state index contributed by atoms with van der Waals surface area (Å²) in [5, 5.41) is 14.4. The molecule has 10 heteroatoms. The fraction of sp³-hybridized carbons (Fsp3) is 0.421. The number of carbonyl (C=O) groups is 2. The molecule has 0 fully saturated rings. The van der Waals surface area contributed by atoms with Crippen LogP contribution in [0.3, 0.4) is 0 Å². The van der Waals surface area contributed by atoms with Crippen molar-refractivity contribution >= 4 is 40.4 Å². The van der Waals surface area contributed by atoms with Crippen LogP contribution in [-0.4, -0.2) is 42.4 Å². The highest BCUT2D eigenvalue weighted by atomic mass is 32.2. The number of carbonyl (C=O) groups excluding carboxylic acids is 2. The largest absolute Gasteiger partial charge is 0.333 e. The zero-order valence-corrected chi connectivity index (χ0v) is 17.7. The third-order valence-corrected chi connectivity index (χ3v) is 4.93. The first-order valence-electron chi connectivity index (χ1n) is 9.32. The molecule has 0 aliphatic heterocycles. The Labute approximate surface area is 171 Å². The number of aromatic nitrogens is 4. The molecule has 154 valence electrons. The van der Waals surface area contributed by atoms with E-state index in [-0.39, 0.29) is 11.3 Å². The Bertz CT molecular complexity index is 1130. The third-order valence-electron chi connectivity index (χ3n) is 4.00. The molecule has 0 spiro atoms. The van der Waals surface area contributed by atoms with Gasteiger partial charge in [0.05, 0.1) is 16.7 Å². The SMILES string of the molecule is CCCn1c(=O)c2ccccc2n2c(SCC(=O)NC(=O)NC(C)(C)C)nnc12. The fourth-order valence-electron chi connectivity index (χ4n) is 2.92. The molecule has 29 heavy (non-hydrogen) atoms. The molecule has 3 rings (SSSR count). The number of aryl methyl sites for hydroxylation is 1. The lowest BCUT2D eigenvalue weighted by molar-refractivity contribution is -0.117. The van der Waals surface area contributed by atoms with E-state index >= 15 is 0 Å². The number of nitrogens with zero attached hydrogens (tertiary/aromatic N) is 4. The lowest BCUT2D eigenvalue weighted by Gasteiger charge is -2.20. The summed E-state index contributed by atoms with van der Waals surface area (Å²) < 4.78 is 3.37. The smallest absolute Gasteiger partial charge is 0.321 e. The van der Waals surface area contributed by atoms with Crippen LogP contribution in [0.1, 0.15) is 34.1 Å². The van der Waals surface area contributed by atoms with Crippen LogP contribution in [0.5, 0.6) is 0 Å². The van der Waals surface area contributed by atoms with Crippen LogP contribution in [0.2, 0.25) is 0 Å². The Balaban J connectivity index is 1.88. The molecule has 3 amide bonds. The molecule has 3 aromatic rings. The van der Waals surface area contributed by atoms with Gasteiger partial charge in [-0.25, -0.2) is 4.79 Å². The summed E-state index contributed by atoms with van der Waals surface area (Å²) in [5.74, 6) is -0.0248. The first kappa shape index (κ1) is 20.8. The van der Waals surface area contributed by atoms with Crippen molar-refractivity contribution in [1.29, 1.82) is 0 Å². The number of benzene rings is 1. The fourth-order valence-corrected chi connectivity index (χ4v) is 3.66. The van der Waals surface area contributed by atoms with Crippen LogP contribution in [0.4, 0.5) is 4.79 Å². The van der Waals surface area contributed by atoms with Gasteiger partial charge in [-0.3, -0.25) is 23.9 Å². The number of hydrogen-bond acceptors (Lipinski definition) is 6. The van der Waals surface area contributed by atoms with E-state index in [2.05, 4.69) is 20.8 Å². The van der Waals surface area contributed by atoms with Gasteiger partial charge in [-0.05, 0) is 39.3 Å². The van der Waals surface area contributed by atoms with Gasteiger partial charge in [0.2, 0.25) is 11.7 Å². The van der Waals surface area contributed by atoms with Gasteiger partial charge < -0.3 is 5.32 Å². The van der Waals surface area contributed by atoms with Crippen molar-refractivity contribution in [3.05, 3.63) is 34.6 Å². The summed E-state index contributed by atoms with van der Waals surface area (Å²) >= 11 is 1.15. The highest BCUT2D eigenvalue weighted by Crippen LogP contribution is 2.21. The van der Waals surface area contributed by atoms with Crippen molar-refractivity contribution in [2.75, 3.05) is 5.75 Å². The second-order valence-corrected chi connectivity index (χ2v) is 8.58.